The molecule has 6 nitrogen and oxygen atoms in total. The summed E-state index contributed by atoms with van der Waals surface area (Å²) in [6, 6.07) is 5.01. The summed E-state index contributed by atoms with van der Waals surface area (Å²) < 4.78 is 0.685. The smallest absolute Gasteiger partial charge is 0.321 e. The normalized spacial score (nSPS) is 19.4. The maximum atomic E-state index is 12.2. The molecule has 2 amide bonds. The molecule has 7 heteroatoms. The summed E-state index contributed by atoms with van der Waals surface area (Å²) in [6.07, 6.45) is 2.21. The van der Waals surface area contributed by atoms with Crippen LogP contribution in [0.3, 0.4) is 0 Å². The summed E-state index contributed by atoms with van der Waals surface area (Å²) in [5.41, 5.74) is 6.77. The minimum absolute atomic E-state index is 0.0263. The minimum atomic E-state index is -0.0983. The van der Waals surface area contributed by atoms with Crippen LogP contribution >= 0.6 is 15.9 Å². The van der Waals surface area contributed by atoms with Gasteiger partial charge in [-0.05, 0) is 52.9 Å². The lowest BCUT2D eigenvalue weighted by atomic mass is 10.0. The average molecular weight is 355 g/mol. The van der Waals surface area contributed by atoms with Crippen molar-refractivity contribution in [1.82, 2.24) is 4.90 Å². The maximum Gasteiger partial charge on any atom is 0.321 e. The molecule has 2 rings (SSSR count). The molecule has 1 saturated heterocycles. The van der Waals surface area contributed by atoms with E-state index < -0.39 is 0 Å². The predicted octanol–water partition coefficient (Wildman–Crippen LogP) is 2.81. The first-order chi connectivity index (χ1) is 10.0. The third-order valence-electron chi connectivity index (χ3n) is 3.56. The number of hydrogen-bond donors (Lipinski definition) is 3. The van der Waals surface area contributed by atoms with Crippen molar-refractivity contribution in [3.63, 3.8) is 0 Å². The number of carbonyl (C=O) groups excluding carboxylic acids is 1. The molecule has 0 bridgehead atoms. The number of amidine groups is 1. The summed E-state index contributed by atoms with van der Waals surface area (Å²) in [4.78, 5) is 14.1. The minimum Gasteiger partial charge on any atom is -0.409 e. The van der Waals surface area contributed by atoms with Gasteiger partial charge in [-0.1, -0.05) is 12.1 Å². The monoisotopic (exact) mass is 354 g/mol. The van der Waals surface area contributed by atoms with Crippen molar-refractivity contribution >= 4 is 33.5 Å². The van der Waals surface area contributed by atoms with Gasteiger partial charge < -0.3 is 21.2 Å². The summed E-state index contributed by atoms with van der Waals surface area (Å²) in [5, 5.41) is 14.5. The standard InChI is InChI=1S/C14H19BrN4O2/c1-9-3-2-6-19(8-9)14(20)17-12-5-4-10(7-11(12)15)13(16)18-21/h4-5,7,9,21H,2-3,6,8H2,1H3,(H2,16,18)(H,17,20). The van der Waals surface area contributed by atoms with Crippen LogP contribution in [0.5, 0.6) is 0 Å². The molecule has 1 heterocycles. The lowest BCUT2D eigenvalue weighted by Crippen LogP contribution is -2.41. The van der Waals surface area contributed by atoms with Crippen LogP contribution in [0.4, 0.5) is 10.5 Å². The molecule has 0 aliphatic carbocycles. The fourth-order valence-corrected chi connectivity index (χ4v) is 2.88. The highest BCUT2D eigenvalue weighted by molar-refractivity contribution is 9.10. The number of nitrogens with one attached hydrogen (secondary N) is 1. The van der Waals surface area contributed by atoms with Crippen molar-refractivity contribution in [3.05, 3.63) is 28.2 Å². The molecule has 21 heavy (non-hydrogen) atoms. The highest BCUT2D eigenvalue weighted by Gasteiger charge is 2.21. The van der Waals surface area contributed by atoms with Gasteiger partial charge in [0.25, 0.3) is 0 Å². The van der Waals surface area contributed by atoms with Crippen molar-refractivity contribution in [2.45, 2.75) is 19.8 Å². The molecule has 0 aromatic heterocycles. The van der Waals surface area contributed by atoms with Gasteiger partial charge in [-0.2, -0.15) is 0 Å². The highest BCUT2D eigenvalue weighted by Crippen LogP contribution is 2.25. The number of nitrogens with two attached hydrogens (primary N) is 1. The lowest BCUT2D eigenvalue weighted by molar-refractivity contribution is 0.182. The van der Waals surface area contributed by atoms with Gasteiger partial charge in [0.2, 0.25) is 0 Å². The Morgan fingerprint density at radius 2 is 2.33 bits per heavy atom. The van der Waals surface area contributed by atoms with Gasteiger partial charge in [-0.3, -0.25) is 0 Å². The topological polar surface area (TPSA) is 91.0 Å². The first-order valence-corrected chi connectivity index (χ1v) is 7.64. The van der Waals surface area contributed by atoms with E-state index in [0.29, 0.717) is 21.6 Å². The first-order valence-electron chi connectivity index (χ1n) is 6.84. The number of hydrogen-bond acceptors (Lipinski definition) is 3. The van der Waals surface area contributed by atoms with E-state index in [9.17, 15) is 4.79 Å². The quantitative estimate of drug-likeness (QED) is 0.330. The van der Waals surface area contributed by atoms with Crippen molar-refractivity contribution in [3.8, 4) is 0 Å². The van der Waals surface area contributed by atoms with Gasteiger partial charge in [-0.25, -0.2) is 4.79 Å². The van der Waals surface area contributed by atoms with Crippen molar-refractivity contribution < 1.29 is 10.0 Å². The van der Waals surface area contributed by atoms with E-state index in [4.69, 9.17) is 10.9 Å². The number of piperidine rings is 1. The Morgan fingerprint density at radius 3 is 2.95 bits per heavy atom. The van der Waals surface area contributed by atoms with Gasteiger partial charge in [0, 0.05) is 23.1 Å². The van der Waals surface area contributed by atoms with Crippen molar-refractivity contribution in [2.24, 2.45) is 16.8 Å². The van der Waals surface area contributed by atoms with E-state index in [2.05, 4.69) is 33.3 Å². The van der Waals surface area contributed by atoms with Crippen LogP contribution in [0.25, 0.3) is 0 Å². The SMILES string of the molecule is CC1CCCN(C(=O)Nc2ccc(/C(N)=N/O)cc2Br)C1. The molecular formula is C14H19BrN4O2. The number of urea groups is 1. The number of likely N-dealkylation sites (tertiary alicyclic amines) is 1. The molecular weight excluding hydrogens is 336 g/mol. The Bertz CT molecular complexity index is 562. The second-order valence-corrected chi connectivity index (χ2v) is 6.16. The first kappa shape index (κ1) is 15.6. The van der Waals surface area contributed by atoms with Crippen molar-refractivity contribution in [1.29, 1.82) is 0 Å². The molecule has 4 N–H and O–H groups in total. The molecule has 114 valence electrons. The fourth-order valence-electron chi connectivity index (χ4n) is 2.40. The largest absolute Gasteiger partial charge is 0.409 e. The Kier molecular flexibility index (Phi) is 5.06. The lowest BCUT2D eigenvalue weighted by Gasteiger charge is -2.31. The third kappa shape index (κ3) is 3.87. The van der Waals surface area contributed by atoms with Crippen LogP contribution in [-0.4, -0.2) is 35.1 Å². The summed E-state index contributed by atoms with van der Waals surface area (Å²) in [6.45, 7) is 3.73. The fraction of sp³-hybridized carbons (Fsp3) is 0.429. The van der Waals surface area contributed by atoms with Crippen LogP contribution in [0.15, 0.2) is 27.8 Å². The second-order valence-electron chi connectivity index (χ2n) is 5.30. The number of halogens is 1. The number of anilines is 1. The van der Waals surface area contributed by atoms with E-state index in [1.807, 2.05) is 4.90 Å². The van der Waals surface area contributed by atoms with Crippen LogP contribution in [-0.2, 0) is 0 Å². The number of amides is 2. The average Bonchev–Trinajstić information content (AvgIpc) is 2.48. The molecule has 1 aromatic carbocycles. The summed E-state index contributed by atoms with van der Waals surface area (Å²) in [5.74, 6) is 0.564. The highest BCUT2D eigenvalue weighted by atomic mass is 79.9. The molecule has 0 radical (unpaired) electrons. The van der Waals surface area contributed by atoms with Crippen molar-refractivity contribution in [2.75, 3.05) is 18.4 Å². The van der Waals surface area contributed by atoms with Gasteiger partial charge in [0.05, 0.1) is 5.69 Å². The zero-order chi connectivity index (χ0) is 15.4. The Hall–Kier alpha value is -1.76. The number of oxime groups is 1. The number of nitrogens with zero attached hydrogens (tertiary/aromatic N) is 2. The molecule has 0 saturated carbocycles. The number of rotatable bonds is 2. The van der Waals surface area contributed by atoms with Crippen LogP contribution in [0.1, 0.15) is 25.3 Å². The number of carbonyl (C=O) groups is 1. The Labute approximate surface area is 132 Å². The van der Waals surface area contributed by atoms with Gasteiger partial charge in [0.15, 0.2) is 5.84 Å². The van der Waals surface area contributed by atoms with E-state index in [1.165, 1.54) is 6.42 Å². The van der Waals surface area contributed by atoms with E-state index >= 15 is 0 Å². The second kappa shape index (κ2) is 6.80. The Morgan fingerprint density at radius 1 is 1.57 bits per heavy atom. The molecule has 1 fully saturated rings. The molecule has 1 atom stereocenters. The molecule has 1 aliphatic rings. The third-order valence-corrected chi connectivity index (χ3v) is 4.21. The molecule has 0 spiro atoms. The maximum absolute atomic E-state index is 12.2. The zero-order valence-electron chi connectivity index (χ0n) is 11.8. The summed E-state index contributed by atoms with van der Waals surface area (Å²) >= 11 is 3.38. The predicted molar refractivity (Wildman–Crippen MR) is 85.6 cm³/mol. The van der Waals surface area contributed by atoms with E-state index in [0.717, 1.165) is 19.5 Å². The molecule has 1 unspecified atom stereocenters. The van der Waals surface area contributed by atoms with E-state index in [1.54, 1.807) is 18.2 Å². The van der Waals surface area contributed by atoms with Gasteiger partial charge in [-0.15, -0.1) is 0 Å². The zero-order valence-corrected chi connectivity index (χ0v) is 13.4. The van der Waals surface area contributed by atoms with Crippen LogP contribution in [0, 0.1) is 5.92 Å². The molecule has 1 aromatic rings. The summed E-state index contributed by atoms with van der Waals surface area (Å²) in [7, 11) is 0. The molecule has 1 aliphatic heterocycles. The van der Waals surface area contributed by atoms with Crippen LogP contribution in [0.2, 0.25) is 0 Å². The van der Waals surface area contributed by atoms with Crippen LogP contribution < -0.4 is 11.1 Å². The Balaban J connectivity index is 2.07. The van der Waals surface area contributed by atoms with Gasteiger partial charge in [0.1, 0.15) is 0 Å². The number of benzene rings is 1. The van der Waals surface area contributed by atoms with Gasteiger partial charge >= 0.3 is 6.03 Å². The van der Waals surface area contributed by atoms with E-state index in [-0.39, 0.29) is 11.9 Å².